The molecular weight excluding hydrogens is 356 g/mol. The van der Waals surface area contributed by atoms with Gasteiger partial charge < -0.3 is 14.8 Å². The highest BCUT2D eigenvalue weighted by Gasteiger charge is 2.28. The Bertz CT molecular complexity index is 940. The van der Waals surface area contributed by atoms with Gasteiger partial charge in [0.2, 0.25) is 16.1 Å². The highest BCUT2D eigenvalue weighted by atomic mass is 32.2. The van der Waals surface area contributed by atoms with E-state index in [4.69, 9.17) is 9.47 Å². The molecule has 138 valence electrons. The fourth-order valence-electron chi connectivity index (χ4n) is 2.52. The molecule has 1 aliphatic heterocycles. The summed E-state index contributed by atoms with van der Waals surface area (Å²) in [6.45, 7) is 1.79. The van der Waals surface area contributed by atoms with Crippen LogP contribution in [0.15, 0.2) is 47.4 Å². The number of amides is 1. The largest absolute Gasteiger partial charge is 0.485 e. The summed E-state index contributed by atoms with van der Waals surface area (Å²) in [7, 11) is -0.679. The number of ether oxygens (including phenoxy) is 2. The Balaban J connectivity index is 1.79. The summed E-state index contributed by atoms with van der Waals surface area (Å²) in [5.74, 6) is 0.682. The summed E-state index contributed by atoms with van der Waals surface area (Å²) >= 11 is 0. The monoisotopic (exact) mass is 376 g/mol. The van der Waals surface area contributed by atoms with Crippen molar-refractivity contribution < 1.29 is 22.7 Å². The second-order valence-corrected chi connectivity index (χ2v) is 8.24. The predicted octanol–water partition coefficient (Wildman–Crippen LogP) is 2.02. The van der Waals surface area contributed by atoms with Crippen molar-refractivity contribution in [2.24, 2.45) is 0 Å². The number of anilines is 1. The van der Waals surface area contributed by atoms with E-state index in [0.717, 1.165) is 4.31 Å². The van der Waals surface area contributed by atoms with Gasteiger partial charge in [-0.15, -0.1) is 0 Å². The van der Waals surface area contributed by atoms with Crippen molar-refractivity contribution >= 4 is 21.6 Å². The van der Waals surface area contributed by atoms with Crippen LogP contribution < -0.4 is 14.8 Å². The lowest BCUT2D eigenvalue weighted by Gasteiger charge is -2.25. The quantitative estimate of drug-likeness (QED) is 0.882. The molecule has 1 aliphatic rings. The lowest BCUT2D eigenvalue weighted by Crippen LogP contribution is -2.40. The van der Waals surface area contributed by atoms with Crippen LogP contribution in [-0.4, -0.2) is 45.4 Å². The third-order valence-corrected chi connectivity index (χ3v) is 5.97. The van der Waals surface area contributed by atoms with Crippen molar-refractivity contribution in [2.45, 2.75) is 17.9 Å². The number of fused-ring (bicyclic) bond motifs is 1. The van der Waals surface area contributed by atoms with Crippen LogP contribution in [0.4, 0.5) is 5.69 Å². The lowest BCUT2D eigenvalue weighted by atomic mass is 10.2. The van der Waals surface area contributed by atoms with E-state index in [1.54, 1.807) is 37.3 Å². The van der Waals surface area contributed by atoms with Crippen LogP contribution in [0.2, 0.25) is 0 Å². The first-order valence-electron chi connectivity index (χ1n) is 8.01. The summed E-state index contributed by atoms with van der Waals surface area (Å²) in [6, 6.07) is 11.9. The maximum atomic E-state index is 12.5. The number of nitrogens with one attached hydrogen (secondary N) is 1. The van der Waals surface area contributed by atoms with Gasteiger partial charge in [0.25, 0.3) is 5.91 Å². The standard InChI is InChI=1S/C18H20N2O5S/c1-12-8-9-13(10-17(12)26(22,23)20(2)3)19-18(21)16-11-24-14-6-4-5-7-15(14)25-16/h4-10,16H,11H2,1-3H3,(H,19,21). The van der Waals surface area contributed by atoms with E-state index in [-0.39, 0.29) is 11.5 Å². The minimum Gasteiger partial charge on any atom is -0.485 e. The molecule has 1 heterocycles. The van der Waals surface area contributed by atoms with Crippen molar-refractivity contribution in [1.82, 2.24) is 4.31 Å². The zero-order valence-electron chi connectivity index (χ0n) is 14.7. The van der Waals surface area contributed by atoms with E-state index >= 15 is 0 Å². The van der Waals surface area contributed by atoms with Gasteiger partial charge in [0.05, 0.1) is 4.90 Å². The summed E-state index contributed by atoms with van der Waals surface area (Å²) in [5, 5.41) is 2.69. The van der Waals surface area contributed by atoms with Gasteiger partial charge in [0.15, 0.2) is 11.5 Å². The van der Waals surface area contributed by atoms with Gasteiger partial charge in [-0.05, 0) is 36.8 Å². The van der Waals surface area contributed by atoms with Crippen LogP contribution >= 0.6 is 0 Å². The minimum absolute atomic E-state index is 0.0809. The topological polar surface area (TPSA) is 84.9 Å². The van der Waals surface area contributed by atoms with Crippen LogP contribution in [0.25, 0.3) is 0 Å². The SMILES string of the molecule is Cc1ccc(NC(=O)C2COc3ccccc3O2)cc1S(=O)(=O)N(C)C. The number of rotatable bonds is 4. The van der Waals surface area contributed by atoms with E-state index in [1.807, 2.05) is 6.07 Å². The number of carbonyl (C=O) groups excluding carboxylic acids is 1. The highest BCUT2D eigenvalue weighted by molar-refractivity contribution is 7.89. The maximum Gasteiger partial charge on any atom is 0.269 e. The number of benzene rings is 2. The number of para-hydroxylation sites is 2. The van der Waals surface area contributed by atoms with Gasteiger partial charge >= 0.3 is 0 Å². The molecule has 0 radical (unpaired) electrons. The molecule has 2 aromatic rings. The number of sulfonamides is 1. The normalized spacial score (nSPS) is 16.4. The molecule has 26 heavy (non-hydrogen) atoms. The molecule has 1 atom stereocenters. The van der Waals surface area contributed by atoms with Crippen molar-refractivity contribution in [3.05, 3.63) is 48.0 Å². The van der Waals surface area contributed by atoms with Crippen molar-refractivity contribution in [3.63, 3.8) is 0 Å². The smallest absolute Gasteiger partial charge is 0.269 e. The van der Waals surface area contributed by atoms with Crippen molar-refractivity contribution in [2.75, 3.05) is 26.0 Å². The van der Waals surface area contributed by atoms with Crippen LogP contribution in [0, 0.1) is 6.92 Å². The molecule has 7 nitrogen and oxygen atoms in total. The predicted molar refractivity (Wildman–Crippen MR) is 97.0 cm³/mol. The molecule has 1 unspecified atom stereocenters. The Morgan fingerprint density at radius 3 is 2.54 bits per heavy atom. The average Bonchev–Trinajstić information content (AvgIpc) is 2.62. The third-order valence-electron chi connectivity index (χ3n) is 4.02. The molecule has 0 saturated heterocycles. The molecule has 0 aromatic heterocycles. The Morgan fingerprint density at radius 2 is 1.85 bits per heavy atom. The highest BCUT2D eigenvalue weighted by Crippen LogP contribution is 2.31. The summed E-state index contributed by atoms with van der Waals surface area (Å²) in [5.41, 5.74) is 0.978. The van der Waals surface area contributed by atoms with Gasteiger partial charge in [-0.1, -0.05) is 18.2 Å². The van der Waals surface area contributed by atoms with Crippen LogP contribution in [0.3, 0.4) is 0 Å². The minimum atomic E-state index is -3.60. The molecule has 8 heteroatoms. The molecule has 0 spiro atoms. The number of aryl methyl sites for hydroxylation is 1. The lowest BCUT2D eigenvalue weighted by molar-refractivity contribution is -0.125. The van der Waals surface area contributed by atoms with Gasteiger partial charge in [-0.2, -0.15) is 0 Å². The number of hydrogen-bond acceptors (Lipinski definition) is 5. The molecule has 0 bridgehead atoms. The van der Waals surface area contributed by atoms with E-state index in [0.29, 0.717) is 22.7 Å². The summed E-state index contributed by atoms with van der Waals surface area (Å²) in [4.78, 5) is 12.6. The fraction of sp³-hybridized carbons (Fsp3) is 0.278. The molecule has 0 saturated carbocycles. The first-order chi connectivity index (χ1) is 12.3. The first-order valence-corrected chi connectivity index (χ1v) is 9.45. The molecule has 2 aromatic carbocycles. The number of carbonyl (C=O) groups is 1. The zero-order chi connectivity index (χ0) is 18.9. The molecule has 1 amide bonds. The Morgan fingerprint density at radius 1 is 1.15 bits per heavy atom. The molecule has 1 N–H and O–H groups in total. The average molecular weight is 376 g/mol. The van der Waals surface area contributed by atoms with Crippen LogP contribution in [0.1, 0.15) is 5.56 Å². The number of hydrogen-bond donors (Lipinski definition) is 1. The van der Waals surface area contributed by atoms with E-state index < -0.39 is 22.0 Å². The van der Waals surface area contributed by atoms with Gasteiger partial charge in [0.1, 0.15) is 6.61 Å². The zero-order valence-corrected chi connectivity index (χ0v) is 15.5. The molecule has 0 aliphatic carbocycles. The summed E-state index contributed by atoms with van der Waals surface area (Å²) < 4.78 is 37.1. The van der Waals surface area contributed by atoms with E-state index in [9.17, 15) is 13.2 Å². The summed E-state index contributed by atoms with van der Waals surface area (Å²) in [6.07, 6.45) is -0.819. The maximum absolute atomic E-state index is 12.5. The first kappa shape index (κ1) is 18.2. The van der Waals surface area contributed by atoms with Gasteiger partial charge in [0, 0.05) is 19.8 Å². The molecule has 3 rings (SSSR count). The van der Waals surface area contributed by atoms with Gasteiger partial charge in [-0.25, -0.2) is 12.7 Å². The van der Waals surface area contributed by atoms with Crippen molar-refractivity contribution in [1.29, 1.82) is 0 Å². The van der Waals surface area contributed by atoms with Gasteiger partial charge in [-0.3, -0.25) is 4.79 Å². The van der Waals surface area contributed by atoms with Crippen LogP contribution in [0.5, 0.6) is 11.5 Å². The Labute approximate surface area is 152 Å². The Hall–Kier alpha value is -2.58. The molecule has 0 fully saturated rings. The van der Waals surface area contributed by atoms with Crippen molar-refractivity contribution in [3.8, 4) is 11.5 Å². The fourth-order valence-corrected chi connectivity index (χ4v) is 3.67. The molecular formula is C18H20N2O5S. The van der Waals surface area contributed by atoms with E-state index in [1.165, 1.54) is 20.2 Å². The van der Waals surface area contributed by atoms with Crippen LogP contribution in [-0.2, 0) is 14.8 Å². The Kier molecular flexibility index (Phi) is 4.88. The second-order valence-electron chi connectivity index (χ2n) is 6.12. The van der Waals surface area contributed by atoms with E-state index in [2.05, 4.69) is 5.32 Å². The second kappa shape index (κ2) is 6.97. The third kappa shape index (κ3) is 3.51. The number of nitrogens with zero attached hydrogens (tertiary/aromatic N) is 1.